The minimum Gasteiger partial charge on any atom is -0.392 e. The van der Waals surface area contributed by atoms with Crippen LogP contribution in [0.15, 0.2) is 0 Å². The SMILES string of the molecule is CC(O)CNC(=O)C1CCCCC1C(=O)N1CCNCC1. The molecule has 6 heteroatoms. The lowest BCUT2D eigenvalue weighted by Gasteiger charge is -2.36. The molecule has 0 aromatic rings. The number of hydrogen-bond acceptors (Lipinski definition) is 4. The van der Waals surface area contributed by atoms with Gasteiger partial charge in [0.2, 0.25) is 11.8 Å². The molecule has 21 heavy (non-hydrogen) atoms. The Morgan fingerprint density at radius 2 is 1.86 bits per heavy atom. The summed E-state index contributed by atoms with van der Waals surface area (Å²) in [5.74, 6) is -0.372. The predicted molar refractivity (Wildman–Crippen MR) is 79.6 cm³/mol. The van der Waals surface area contributed by atoms with Crippen molar-refractivity contribution >= 4 is 11.8 Å². The molecule has 3 atom stereocenters. The molecular weight excluding hydrogens is 270 g/mol. The maximum Gasteiger partial charge on any atom is 0.226 e. The van der Waals surface area contributed by atoms with Crippen molar-refractivity contribution in [1.29, 1.82) is 0 Å². The van der Waals surface area contributed by atoms with E-state index in [9.17, 15) is 14.7 Å². The van der Waals surface area contributed by atoms with Crippen molar-refractivity contribution in [3.05, 3.63) is 0 Å². The number of amides is 2. The molecule has 3 unspecified atom stereocenters. The van der Waals surface area contributed by atoms with Crippen LogP contribution in [0, 0.1) is 11.8 Å². The van der Waals surface area contributed by atoms with Gasteiger partial charge in [0.15, 0.2) is 0 Å². The van der Waals surface area contributed by atoms with E-state index in [2.05, 4.69) is 10.6 Å². The smallest absolute Gasteiger partial charge is 0.226 e. The number of nitrogens with one attached hydrogen (secondary N) is 2. The van der Waals surface area contributed by atoms with Crippen LogP contribution in [-0.2, 0) is 9.59 Å². The molecule has 120 valence electrons. The van der Waals surface area contributed by atoms with E-state index in [0.717, 1.165) is 51.9 Å². The monoisotopic (exact) mass is 297 g/mol. The van der Waals surface area contributed by atoms with E-state index in [1.165, 1.54) is 0 Å². The number of carbonyl (C=O) groups is 2. The maximum atomic E-state index is 12.7. The van der Waals surface area contributed by atoms with Gasteiger partial charge in [-0.3, -0.25) is 9.59 Å². The summed E-state index contributed by atoms with van der Waals surface area (Å²) in [6.07, 6.45) is 3.03. The van der Waals surface area contributed by atoms with Crippen molar-refractivity contribution in [2.75, 3.05) is 32.7 Å². The highest BCUT2D eigenvalue weighted by atomic mass is 16.3. The molecule has 0 aromatic heterocycles. The van der Waals surface area contributed by atoms with Gasteiger partial charge < -0.3 is 20.6 Å². The summed E-state index contributed by atoms with van der Waals surface area (Å²) >= 11 is 0. The van der Waals surface area contributed by atoms with E-state index in [1.54, 1.807) is 6.92 Å². The molecule has 1 saturated carbocycles. The van der Waals surface area contributed by atoms with Gasteiger partial charge in [-0.1, -0.05) is 12.8 Å². The Hall–Kier alpha value is -1.14. The van der Waals surface area contributed by atoms with Gasteiger partial charge in [-0.25, -0.2) is 0 Å². The summed E-state index contributed by atoms with van der Waals surface area (Å²) in [5, 5.41) is 15.3. The summed E-state index contributed by atoms with van der Waals surface area (Å²) in [6, 6.07) is 0. The summed E-state index contributed by atoms with van der Waals surface area (Å²) < 4.78 is 0. The molecule has 0 radical (unpaired) electrons. The van der Waals surface area contributed by atoms with E-state index >= 15 is 0 Å². The van der Waals surface area contributed by atoms with Crippen LogP contribution in [0.1, 0.15) is 32.6 Å². The lowest BCUT2D eigenvalue weighted by molar-refractivity contribution is -0.144. The molecule has 2 fully saturated rings. The van der Waals surface area contributed by atoms with Crippen molar-refractivity contribution in [1.82, 2.24) is 15.5 Å². The van der Waals surface area contributed by atoms with Crippen molar-refractivity contribution in [3.63, 3.8) is 0 Å². The van der Waals surface area contributed by atoms with E-state index in [4.69, 9.17) is 0 Å². The number of carbonyl (C=O) groups excluding carboxylic acids is 2. The lowest BCUT2D eigenvalue weighted by Crippen LogP contribution is -2.51. The average molecular weight is 297 g/mol. The largest absolute Gasteiger partial charge is 0.392 e. The Morgan fingerprint density at radius 1 is 1.24 bits per heavy atom. The molecule has 0 bridgehead atoms. The predicted octanol–water partition coefficient (Wildman–Crippen LogP) is -0.278. The van der Waals surface area contributed by atoms with Crippen LogP contribution >= 0.6 is 0 Å². The molecule has 0 aromatic carbocycles. The molecule has 1 aliphatic heterocycles. The van der Waals surface area contributed by atoms with Crippen LogP contribution in [0.3, 0.4) is 0 Å². The highest BCUT2D eigenvalue weighted by molar-refractivity contribution is 5.88. The van der Waals surface area contributed by atoms with Gasteiger partial charge in [0.05, 0.1) is 6.10 Å². The highest BCUT2D eigenvalue weighted by Crippen LogP contribution is 2.31. The molecular formula is C15H27N3O3. The van der Waals surface area contributed by atoms with E-state index in [0.29, 0.717) is 0 Å². The zero-order valence-electron chi connectivity index (χ0n) is 12.8. The Kier molecular flexibility index (Phi) is 5.99. The van der Waals surface area contributed by atoms with Gasteiger partial charge in [-0.15, -0.1) is 0 Å². The third kappa shape index (κ3) is 4.41. The number of aliphatic hydroxyl groups excluding tert-OH is 1. The van der Waals surface area contributed by atoms with Gasteiger partial charge in [0.25, 0.3) is 0 Å². The second-order valence-corrected chi connectivity index (χ2v) is 6.17. The summed E-state index contributed by atoms with van der Waals surface area (Å²) in [5.41, 5.74) is 0. The molecule has 1 saturated heterocycles. The van der Waals surface area contributed by atoms with Gasteiger partial charge in [0.1, 0.15) is 0 Å². The van der Waals surface area contributed by atoms with Crippen LogP contribution in [0.4, 0.5) is 0 Å². The Morgan fingerprint density at radius 3 is 2.48 bits per heavy atom. The van der Waals surface area contributed by atoms with E-state index in [1.807, 2.05) is 4.90 Å². The van der Waals surface area contributed by atoms with Gasteiger partial charge in [0, 0.05) is 44.6 Å². The fraction of sp³-hybridized carbons (Fsp3) is 0.867. The average Bonchev–Trinajstić information content (AvgIpc) is 2.52. The number of rotatable bonds is 4. The third-order valence-electron chi connectivity index (χ3n) is 4.42. The summed E-state index contributed by atoms with van der Waals surface area (Å²) in [7, 11) is 0. The first-order chi connectivity index (χ1) is 10.1. The second kappa shape index (κ2) is 7.75. The zero-order chi connectivity index (χ0) is 15.2. The summed E-state index contributed by atoms with van der Waals surface area (Å²) in [4.78, 5) is 26.9. The highest BCUT2D eigenvalue weighted by Gasteiger charge is 2.37. The van der Waals surface area contributed by atoms with Crippen molar-refractivity contribution < 1.29 is 14.7 Å². The fourth-order valence-corrected chi connectivity index (χ4v) is 3.24. The molecule has 6 nitrogen and oxygen atoms in total. The quantitative estimate of drug-likeness (QED) is 0.667. The third-order valence-corrected chi connectivity index (χ3v) is 4.42. The van der Waals surface area contributed by atoms with Gasteiger partial charge in [-0.2, -0.15) is 0 Å². The molecule has 2 aliphatic rings. The zero-order valence-corrected chi connectivity index (χ0v) is 12.8. The van der Waals surface area contributed by atoms with Crippen molar-refractivity contribution in [3.8, 4) is 0 Å². The minimum absolute atomic E-state index is 0.0796. The van der Waals surface area contributed by atoms with Gasteiger partial charge >= 0.3 is 0 Å². The van der Waals surface area contributed by atoms with Crippen LogP contribution in [0.2, 0.25) is 0 Å². The number of piperazine rings is 1. The summed E-state index contributed by atoms with van der Waals surface area (Å²) in [6.45, 7) is 5.03. The van der Waals surface area contributed by atoms with Crippen LogP contribution in [-0.4, -0.2) is 60.6 Å². The standard InChI is InChI=1S/C15H27N3O3/c1-11(19)10-17-14(20)12-4-2-3-5-13(12)15(21)18-8-6-16-7-9-18/h11-13,16,19H,2-10H2,1H3,(H,17,20). The van der Waals surface area contributed by atoms with Gasteiger partial charge in [-0.05, 0) is 19.8 Å². The molecule has 0 spiro atoms. The topological polar surface area (TPSA) is 81.7 Å². The normalized spacial score (nSPS) is 28.0. The first-order valence-electron chi connectivity index (χ1n) is 8.05. The number of hydrogen-bond donors (Lipinski definition) is 3. The molecule has 2 rings (SSSR count). The van der Waals surface area contributed by atoms with Crippen LogP contribution < -0.4 is 10.6 Å². The van der Waals surface area contributed by atoms with Crippen LogP contribution in [0.5, 0.6) is 0 Å². The number of aliphatic hydroxyl groups is 1. The first-order valence-corrected chi connectivity index (χ1v) is 8.05. The van der Waals surface area contributed by atoms with Crippen molar-refractivity contribution in [2.24, 2.45) is 11.8 Å². The number of nitrogens with zero attached hydrogens (tertiary/aromatic N) is 1. The molecule has 1 aliphatic carbocycles. The lowest BCUT2D eigenvalue weighted by atomic mass is 9.77. The van der Waals surface area contributed by atoms with Crippen molar-refractivity contribution in [2.45, 2.75) is 38.7 Å². The van der Waals surface area contributed by atoms with Crippen LogP contribution in [0.25, 0.3) is 0 Å². The Bertz CT molecular complexity index is 367. The second-order valence-electron chi connectivity index (χ2n) is 6.17. The Balaban J connectivity index is 1.97. The Labute approximate surface area is 126 Å². The molecule has 1 heterocycles. The van der Waals surface area contributed by atoms with E-state index < -0.39 is 6.10 Å². The minimum atomic E-state index is -0.556. The maximum absolute atomic E-state index is 12.7. The first kappa shape index (κ1) is 16.2. The molecule has 3 N–H and O–H groups in total. The molecule has 2 amide bonds. The van der Waals surface area contributed by atoms with E-state index in [-0.39, 0.29) is 30.2 Å². The fourth-order valence-electron chi connectivity index (χ4n) is 3.24.